The Morgan fingerprint density at radius 1 is 1.12 bits per heavy atom. The first kappa shape index (κ1) is 22.3. The third kappa shape index (κ3) is 3.80. The average Bonchev–Trinajstić information content (AvgIpc) is 3.30. The monoisotopic (exact) mass is 474 g/mol. The first-order valence-corrected chi connectivity index (χ1v) is 12.2. The lowest BCUT2D eigenvalue weighted by molar-refractivity contribution is 0.0971. The number of anilines is 1. The molecule has 0 bridgehead atoms. The molecule has 0 unspecified atom stereocenters. The fraction of sp³-hybridized carbons (Fsp3) is 0.296. The number of benzene rings is 2. The molecule has 1 atom stereocenters. The van der Waals surface area contributed by atoms with Crippen LogP contribution in [0.15, 0.2) is 57.7 Å². The van der Waals surface area contributed by atoms with E-state index in [1.54, 1.807) is 29.2 Å². The zero-order chi connectivity index (χ0) is 24.0. The predicted molar refractivity (Wildman–Crippen MR) is 134 cm³/mol. The van der Waals surface area contributed by atoms with Gasteiger partial charge >= 0.3 is 0 Å². The third-order valence-corrected chi connectivity index (χ3v) is 7.21. The largest absolute Gasteiger partial charge is 0.494 e. The number of aryl methyl sites for hydroxylation is 2. The second-order valence-electron chi connectivity index (χ2n) is 8.99. The SMILES string of the molecule is Cc1nc(N2C(=O)c3oc4ccccc4c(=O)c3[C@H]2c2cccc(OCCC(C)C)c2)sc1C. The number of carbonyl (C=O) groups is 1. The van der Waals surface area contributed by atoms with Gasteiger partial charge in [-0.05, 0) is 56.0 Å². The van der Waals surface area contributed by atoms with E-state index in [1.807, 2.05) is 38.1 Å². The summed E-state index contributed by atoms with van der Waals surface area (Å²) in [4.78, 5) is 34.6. The minimum atomic E-state index is -0.651. The maximum Gasteiger partial charge on any atom is 0.297 e. The van der Waals surface area contributed by atoms with Crippen LogP contribution < -0.4 is 15.1 Å². The Bertz CT molecular complexity index is 1430. The minimum Gasteiger partial charge on any atom is -0.494 e. The van der Waals surface area contributed by atoms with Crippen LogP contribution >= 0.6 is 11.3 Å². The van der Waals surface area contributed by atoms with Crippen molar-refractivity contribution in [2.45, 2.75) is 40.2 Å². The number of rotatable bonds is 6. The van der Waals surface area contributed by atoms with E-state index in [4.69, 9.17) is 9.15 Å². The Kier molecular flexibility index (Phi) is 5.73. The lowest BCUT2D eigenvalue weighted by atomic mass is 9.98. The molecule has 0 fully saturated rings. The van der Waals surface area contributed by atoms with Gasteiger partial charge in [0.1, 0.15) is 11.3 Å². The van der Waals surface area contributed by atoms with Crippen molar-refractivity contribution in [2.75, 3.05) is 11.5 Å². The van der Waals surface area contributed by atoms with Crippen LogP contribution in [0.25, 0.3) is 11.0 Å². The molecular formula is C27H26N2O4S. The number of ether oxygens (including phenoxy) is 1. The number of nitrogens with zero attached hydrogens (tertiary/aromatic N) is 2. The fourth-order valence-corrected chi connectivity index (χ4v) is 5.11. The maximum atomic E-state index is 13.7. The first-order chi connectivity index (χ1) is 16.3. The van der Waals surface area contributed by atoms with E-state index in [1.165, 1.54) is 11.3 Å². The van der Waals surface area contributed by atoms with E-state index < -0.39 is 6.04 Å². The van der Waals surface area contributed by atoms with Crippen molar-refractivity contribution >= 4 is 33.3 Å². The van der Waals surface area contributed by atoms with Gasteiger partial charge in [0.15, 0.2) is 10.6 Å². The van der Waals surface area contributed by atoms with Crippen LogP contribution in [-0.2, 0) is 0 Å². The average molecular weight is 475 g/mol. The smallest absolute Gasteiger partial charge is 0.297 e. The second-order valence-corrected chi connectivity index (χ2v) is 10.2. The second kappa shape index (κ2) is 8.72. The number of hydrogen-bond acceptors (Lipinski definition) is 6. The zero-order valence-corrected chi connectivity index (χ0v) is 20.4. The number of amides is 1. The molecule has 0 radical (unpaired) electrons. The summed E-state index contributed by atoms with van der Waals surface area (Å²) in [6.07, 6.45) is 0.939. The fourth-order valence-electron chi connectivity index (χ4n) is 4.18. The van der Waals surface area contributed by atoms with Crippen molar-refractivity contribution in [3.05, 3.63) is 86.2 Å². The van der Waals surface area contributed by atoms with E-state index in [-0.39, 0.29) is 17.1 Å². The molecule has 0 spiro atoms. The maximum absolute atomic E-state index is 13.7. The summed E-state index contributed by atoms with van der Waals surface area (Å²) >= 11 is 1.43. The molecule has 0 aliphatic carbocycles. The summed E-state index contributed by atoms with van der Waals surface area (Å²) in [7, 11) is 0. The number of para-hydroxylation sites is 1. The highest BCUT2D eigenvalue weighted by molar-refractivity contribution is 7.15. The Hall–Kier alpha value is -3.45. The van der Waals surface area contributed by atoms with Crippen molar-refractivity contribution in [3.63, 3.8) is 0 Å². The van der Waals surface area contributed by atoms with Crippen LogP contribution in [-0.4, -0.2) is 17.5 Å². The van der Waals surface area contributed by atoms with Crippen molar-refractivity contribution in [3.8, 4) is 5.75 Å². The molecule has 2 aromatic heterocycles. The molecule has 1 aliphatic rings. The van der Waals surface area contributed by atoms with Crippen LogP contribution in [0.3, 0.4) is 0 Å². The molecule has 3 heterocycles. The van der Waals surface area contributed by atoms with Gasteiger partial charge in [0, 0.05) is 4.88 Å². The normalized spacial score (nSPS) is 15.4. The molecule has 4 aromatic rings. The Labute approximate surface area is 201 Å². The van der Waals surface area contributed by atoms with Gasteiger partial charge in [-0.1, -0.05) is 38.1 Å². The van der Waals surface area contributed by atoms with Gasteiger partial charge in [-0.2, -0.15) is 0 Å². The molecule has 7 heteroatoms. The third-order valence-electron chi connectivity index (χ3n) is 6.14. The van der Waals surface area contributed by atoms with Crippen LogP contribution in [0.1, 0.15) is 58.6 Å². The number of carbonyl (C=O) groups excluding carboxylic acids is 1. The number of fused-ring (bicyclic) bond motifs is 2. The molecule has 5 rings (SSSR count). The van der Waals surface area contributed by atoms with Crippen molar-refractivity contribution < 1.29 is 13.9 Å². The molecule has 1 aliphatic heterocycles. The van der Waals surface area contributed by atoms with Gasteiger partial charge in [-0.15, -0.1) is 11.3 Å². The van der Waals surface area contributed by atoms with Crippen LogP contribution in [0, 0.1) is 19.8 Å². The summed E-state index contributed by atoms with van der Waals surface area (Å²) in [5.41, 5.74) is 2.18. The molecule has 174 valence electrons. The molecule has 2 aromatic carbocycles. The highest BCUT2D eigenvalue weighted by atomic mass is 32.1. The summed E-state index contributed by atoms with van der Waals surface area (Å²) in [5, 5.41) is 1.00. The lowest BCUT2D eigenvalue weighted by Crippen LogP contribution is -2.29. The van der Waals surface area contributed by atoms with Gasteiger partial charge < -0.3 is 9.15 Å². The van der Waals surface area contributed by atoms with Gasteiger partial charge in [0.05, 0.1) is 29.3 Å². The van der Waals surface area contributed by atoms with Crippen molar-refractivity contribution in [2.24, 2.45) is 5.92 Å². The van der Waals surface area contributed by atoms with Gasteiger partial charge in [0.2, 0.25) is 5.76 Å². The van der Waals surface area contributed by atoms with E-state index in [9.17, 15) is 9.59 Å². The number of aromatic nitrogens is 1. The van der Waals surface area contributed by atoms with Crippen LogP contribution in [0.4, 0.5) is 5.13 Å². The summed E-state index contributed by atoms with van der Waals surface area (Å²) in [5.74, 6) is 0.955. The first-order valence-electron chi connectivity index (χ1n) is 11.4. The van der Waals surface area contributed by atoms with Crippen LogP contribution in [0.2, 0.25) is 0 Å². The quantitative estimate of drug-likeness (QED) is 0.341. The van der Waals surface area contributed by atoms with Gasteiger partial charge in [-0.25, -0.2) is 4.98 Å². The predicted octanol–water partition coefficient (Wildman–Crippen LogP) is 6.04. The van der Waals surface area contributed by atoms with E-state index in [0.29, 0.717) is 39.9 Å². The highest BCUT2D eigenvalue weighted by Crippen LogP contribution is 2.43. The molecule has 0 saturated carbocycles. The lowest BCUT2D eigenvalue weighted by Gasteiger charge is -2.23. The molecular weight excluding hydrogens is 448 g/mol. The molecule has 1 amide bonds. The van der Waals surface area contributed by atoms with Crippen molar-refractivity contribution in [1.82, 2.24) is 4.98 Å². The van der Waals surface area contributed by atoms with E-state index >= 15 is 0 Å². The molecule has 34 heavy (non-hydrogen) atoms. The van der Waals surface area contributed by atoms with Gasteiger partial charge in [-0.3, -0.25) is 14.5 Å². The van der Waals surface area contributed by atoms with Gasteiger partial charge in [0.25, 0.3) is 5.91 Å². The Morgan fingerprint density at radius 3 is 2.65 bits per heavy atom. The Morgan fingerprint density at radius 2 is 1.91 bits per heavy atom. The topological polar surface area (TPSA) is 72.6 Å². The standard InChI is InChI=1S/C27H26N2O4S/c1-15(2)12-13-32-19-9-7-8-18(14-19)23-22-24(30)20-10-5-6-11-21(20)33-25(22)26(31)29(23)27-28-16(3)17(4)34-27/h5-11,14-15,23H,12-13H2,1-4H3/t23-/m1/s1. The summed E-state index contributed by atoms with van der Waals surface area (Å²) in [6, 6.07) is 14.0. The van der Waals surface area contributed by atoms with Crippen molar-refractivity contribution in [1.29, 1.82) is 0 Å². The van der Waals surface area contributed by atoms with Crippen LogP contribution in [0.5, 0.6) is 5.75 Å². The molecule has 6 nitrogen and oxygen atoms in total. The molecule has 0 N–H and O–H groups in total. The minimum absolute atomic E-state index is 0.0744. The zero-order valence-electron chi connectivity index (χ0n) is 19.6. The summed E-state index contributed by atoms with van der Waals surface area (Å²) < 4.78 is 12.0. The summed E-state index contributed by atoms with van der Waals surface area (Å²) in [6.45, 7) is 8.79. The Balaban J connectivity index is 1.68. The van der Waals surface area contributed by atoms with E-state index in [0.717, 1.165) is 22.6 Å². The number of thiazole rings is 1. The number of hydrogen-bond donors (Lipinski definition) is 0. The highest BCUT2D eigenvalue weighted by Gasteiger charge is 2.45. The van der Waals surface area contributed by atoms with E-state index in [2.05, 4.69) is 18.8 Å². The molecule has 0 saturated heterocycles.